The van der Waals surface area contributed by atoms with Crippen LogP contribution in [0.4, 0.5) is 4.79 Å². The highest BCUT2D eigenvalue weighted by molar-refractivity contribution is 5.91. The van der Waals surface area contributed by atoms with E-state index >= 15 is 0 Å². The lowest BCUT2D eigenvalue weighted by Crippen LogP contribution is -2.24. The lowest BCUT2D eigenvalue weighted by atomic mass is 10.2. The second-order valence-corrected chi connectivity index (χ2v) is 4.87. The highest BCUT2D eigenvalue weighted by Gasteiger charge is 2.11. The number of rotatable bonds is 7. The average Bonchev–Trinajstić information content (AvgIpc) is 3.08. The first-order valence-corrected chi connectivity index (χ1v) is 7.43. The predicted molar refractivity (Wildman–Crippen MR) is 88.2 cm³/mol. The monoisotopic (exact) mass is 329 g/mol. The maximum absolute atomic E-state index is 11.6. The maximum atomic E-state index is 11.6. The minimum Gasteiger partial charge on any atom is -0.464 e. The zero-order valence-electron chi connectivity index (χ0n) is 13.3. The number of H-pyrrole nitrogens is 1. The van der Waals surface area contributed by atoms with E-state index in [-0.39, 0.29) is 6.61 Å². The molecule has 2 rings (SSSR count). The fourth-order valence-electron chi connectivity index (χ4n) is 1.93. The minimum atomic E-state index is -0.477. The average molecular weight is 329 g/mol. The van der Waals surface area contributed by atoms with Gasteiger partial charge in [-0.25, -0.2) is 9.59 Å². The Morgan fingerprint density at radius 3 is 2.83 bits per heavy atom. The van der Waals surface area contributed by atoms with E-state index in [0.29, 0.717) is 24.2 Å². The summed E-state index contributed by atoms with van der Waals surface area (Å²) in [4.78, 5) is 23.0. The number of nitrogens with zero attached hydrogens (tertiary/aromatic N) is 1. The van der Waals surface area contributed by atoms with Crippen LogP contribution in [0, 0.1) is 0 Å². The van der Waals surface area contributed by atoms with Gasteiger partial charge in [-0.1, -0.05) is 42.5 Å². The van der Waals surface area contributed by atoms with Gasteiger partial charge in [0.2, 0.25) is 0 Å². The van der Waals surface area contributed by atoms with E-state index in [4.69, 9.17) is 4.74 Å². The smallest absolute Gasteiger partial charge is 0.407 e. The predicted octanol–water partition coefficient (Wildman–Crippen LogP) is 2.53. The molecular formula is C17H19N3O4. The van der Waals surface area contributed by atoms with E-state index in [2.05, 4.69) is 20.3 Å². The lowest BCUT2D eigenvalue weighted by Gasteiger charge is -2.05. The number of carbonyl (C=O) groups is 2. The van der Waals surface area contributed by atoms with Gasteiger partial charge in [0.1, 0.15) is 6.61 Å². The Balaban J connectivity index is 1.68. The van der Waals surface area contributed by atoms with Gasteiger partial charge < -0.3 is 14.8 Å². The molecule has 0 aliphatic rings. The summed E-state index contributed by atoms with van der Waals surface area (Å²) in [6.07, 6.45) is 5.23. The first-order valence-electron chi connectivity index (χ1n) is 7.43. The van der Waals surface area contributed by atoms with Gasteiger partial charge >= 0.3 is 12.1 Å². The molecule has 1 aromatic carbocycles. The molecular weight excluding hydrogens is 310 g/mol. The zero-order chi connectivity index (χ0) is 17.2. The van der Waals surface area contributed by atoms with Gasteiger partial charge in [0.15, 0.2) is 5.69 Å². The third-order valence-electron chi connectivity index (χ3n) is 3.15. The first-order chi connectivity index (χ1) is 11.7. The van der Waals surface area contributed by atoms with Gasteiger partial charge in [0.25, 0.3) is 0 Å². The Kier molecular flexibility index (Phi) is 6.58. The summed E-state index contributed by atoms with van der Waals surface area (Å²) in [5.74, 6) is -0.477. The largest absolute Gasteiger partial charge is 0.464 e. The molecule has 0 aliphatic carbocycles. The number of aromatic nitrogens is 2. The Labute approximate surface area is 139 Å². The van der Waals surface area contributed by atoms with Crippen molar-refractivity contribution in [2.75, 3.05) is 13.7 Å². The molecule has 0 spiro atoms. The van der Waals surface area contributed by atoms with Crippen molar-refractivity contribution in [2.24, 2.45) is 0 Å². The molecule has 0 fully saturated rings. The second-order valence-electron chi connectivity index (χ2n) is 4.87. The van der Waals surface area contributed by atoms with E-state index in [0.717, 1.165) is 5.56 Å². The minimum absolute atomic E-state index is 0.236. The number of ether oxygens (including phenoxy) is 2. The van der Waals surface area contributed by atoms with Crippen LogP contribution in [0.3, 0.4) is 0 Å². The molecule has 0 aliphatic heterocycles. The normalized spacial score (nSPS) is 10.5. The molecule has 1 aromatic heterocycles. The SMILES string of the molecule is COC(=O)c1[nH]ncc1C=CCCNC(=O)OCc1ccccc1. The standard InChI is InChI=1S/C17H19N3O4/c1-23-16(21)15-14(11-19-20-15)9-5-6-10-18-17(22)24-12-13-7-3-2-4-8-13/h2-5,7-9,11H,6,10,12H2,1H3,(H,18,22)(H,19,20). The summed E-state index contributed by atoms with van der Waals surface area (Å²) < 4.78 is 9.74. The van der Waals surface area contributed by atoms with Crippen LogP contribution in [0.1, 0.15) is 28.0 Å². The molecule has 7 heteroatoms. The molecule has 0 saturated carbocycles. The Morgan fingerprint density at radius 2 is 2.08 bits per heavy atom. The number of esters is 1. The van der Waals surface area contributed by atoms with Crippen molar-refractivity contribution in [3.05, 3.63) is 59.4 Å². The molecule has 24 heavy (non-hydrogen) atoms. The molecule has 0 saturated heterocycles. The van der Waals surface area contributed by atoms with Gasteiger partial charge in [0, 0.05) is 12.1 Å². The Morgan fingerprint density at radius 1 is 1.29 bits per heavy atom. The Hall–Kier alpha value is -3.09. The molecule has 7 nitrogen and oxygen atoms in total. The number of hydrogen-bond donors (Lipinski definition) is 2. The number of alkyl carbamates (subject to hydrolysis) is 1. The molecule has 1 heterocycles. The molecule has 126 valence electrons. The lowest BCUT2D eigenvalue weighted by molar-refractivity contribution is 0.0593. The molecule has 0 radical (unpaired) electrons. The van der Waals surface area contributed by atoms with Gasteiger partial charge in [-0.2, -0.15) is 5.10 Å². The van der Waals surface area contributed by atoms with E-state index in [1.54, 1.807) is 6.08 Å². The summed E-state index contributed by atoms with van der Waals surface area (Å²) in [6.45, 7) is 0.662. The van der Waals surface area contributed by atoms with Crippen molar-refractivity contribution in [3.8, 4) is 0 Å². The summed E-state index contributed by atoms with van der Waals surface area (Å²) in [7, 11) is 1.31. The summed E-state index contributed by atoms with van der Waals surface area (Å²) >= 11 is 0. The van der Waals surface area contributed by atoms with E-state index < -0.39 is 12.1 Å². The van der Waals surface area contributed by atoms with Gasteiger partial charge in [-0.3, -0.25) is 5.10 Å². The van der Waals surface area contributed by atoms with Crippen LogP contribution < -0.4 is 5.32 Å². The highest BCUT2D eigenvalue weighted by Crippen LogP contribution is 2.08. The van der Waals surface area contributed by atoms with E-state index in [1.165, 1.54) is 13.3 Å². The topological polar surface area (TPSA) is 93.3 Å². The summed E-state index contributed by atoms with van der Waals surface area (Å²) in [5, 5.41) is 9.04. The van der Waals surface area contributed by atoms with Crippen LogP contribution >= 0.6 is 0 Å². The number of benzene rings is 1. The van der Waals surface area contributed by atoms with Crippen molar-refractivity contribution >= 4 is 18.1 Å². The summed E-state index contributed by atoms with van der Waals surface area (Å²) in [5.41, 5.74) is 1.86. The highest BCUT2D eigenvalue weighted by atomic mass is 16.5. The molecule has 2 N–H and O–H groups in total. The molecule has 1 amide bonds. The Bertz CT molecular complexity index is 695. The van der Waals surface area contributed by atoms with Crippen molar-refractivity contribution in [3.63, 3.8) is 0 Å². The number of nitrogens with one attached hydrogen (secondary N) is 2. The van der Waals surface area contributed by atoms with Crippen LogP contribution in [0.5, 0.6) is 0 Å². The van der Waals surface area contributed by atoms with Crippen LogP contribution in [-0.4, -0.2) is 35.9 Å². The number of methoxy groups -OCH3 is 1. The van der Waals surface area contributed by atoms with Crippen LogP contribution in [0.25, 0.3) is 6.08 Å². The molecule has 0 bridgehead atoms. The molecule has 2 aromatic rings. The number of hydrogen-bond acceptors (Lipinski definition) is 5. The third-order valence-corrected chi connectivity index (χ3v) is 3.15. The third kappa shape index (κ3) is 5.28. The zero-order valence-corrected chi connectivity index (χ0v) is 13.3. The number of amides is 1. The second kappa shape index (κ2) is 9.14. The van der Waals surface area contributed by atoms with Crippen LogP contribution in [0.15, 0.2) is 42.6 Å². The number of carbonyl (C=O) groups excluding carboxylic acids is 2. The quantitative estimate of drug-likeness (QED) is 0.601. The maximum Gasteiger partial charge on any atom is 0.407 e. The van der Waals surface area contributed by atoms with Crippen molar-refractivity contribution in [2.45, 2.75) is 13.0 Å². The van der Waals surface area contributed by atoms with Crippen molar-refractivity contribution in [1.82, 2.24) is 15.5 Å². The van der Waals surface area contributed by atoms with Gasteiger partial charge in [-0.05, 0) is 12.0 Å². The molecule has 0 unspecified atom stereocenters. The number of aromatic amines is 1. The van der Waals surface area contributed by atoms with E-state index in [1.807, 2.05) is 36.4 Å². The fourth-order valence-corrected chi connectivity index (χ4v) is 1.93. The van der Waals surface area contributed by atoms with Crippen molar-refractivity contribution in [1.29, 1.82) is 0 Å². The van der Waals surface area contributed by atoms with Gasteiger partial charge in [0.05, 0.1) is 13.3 Å². The van der Waals surface area contributed by atoms with Crippen molar-refractivity contribution < 1.29 is 19.1 Å². The van der Waals surface area contributed by atoms with Gasteiger partial charge in [-0.15, -0.1) is 0 Å². The summed E-state index contributed by atoms with van der Waals surface area (Å²) in [6, 6.07) is 9.46. The van der Waals surface area contributed by atoms with E-state index in [9.17, 15) is 9.59 Å². The fraction of sp³-hybridized carbons (Fsp3) is 0.235. The first kappa shape index (κ1) is 17.3. The van der Waals surface area contributed by atoms with Crippen LogP contribution in [-0.2, 0) is 16.1 Å². The van der Waals surface area contributed by atoms with Crippen LogP contribution in [0.2, 0.25) is 0 Å². The molecule has 0 atom stereocenters.